The number of fused-ring (bicyclic) bond motifs is 1. The number of amides is 1. The zero-order valence-corrected chi connectivity index (χ0v) is 15.5. The van der Waals surface area contributed by atoms with Crippen molar-refractivity contribution in [1.29, 1.82) is 0 Å². The summed E-state index contributed by atoms with van der Waals surface area (Å²) in [5.41, 5.74) is 4.92. The quantitative estimate of drug-likeness (QED) is 0.607. The predicted molar refractivity (Wildman–Crippen MR) is 104 cm³/mol. The molecular formula is C20H20N6O. The third-order valence-corrected chi connectivity index (χ3v) is 4.41. The van der Waals surface area contributed by atoms with Crippen LogP contribution in [0.4, 0.5) is 5.82 Å². The molecule has 0 atom stereocenters. The second-order valence-electron chi connectivity index (χ2n) is 6.59. The van der Waals surface area contributed by atoms with Crippen LogP contribution in [0, 0.1) is 13.8 Å². The van der Waals surface area contributed by atoms with Crippen LogP contribution in [-0.2, 0) is 18.4 Å². The van der Waals surface area contributed by atoms with Gasteiger partial charge in [0.05, 0.1) is 5.69 Å². The summed E-state index contributed by atoms with van der Waals surface area (Å²) in [6.45, 7) is 4.09. The second kappa shape index (κ2) is 6.68. The van der Waals surface area contributed by atoms with E-state index in [1.807, 2.05) is 19.1 Å². The fourth-order valence-corrected chi connectivity index (χ4v) is 3.25. The average Bonchev–Trinajstić information content (AvgIpc) is 3.18. The van der Waals surface area contributed by atoms with Gasteiger partial charge in [0.2, 0.25) is 5.91 Å². The van der Waals surface area contributed by atoms with Gasteiger partial charge in [-0.15, -0.1) is 0 Å². The molecule has 7 nitrogen and oxygen atoms in total. The number of pyridine rings is 1. The number of anilines is 1. The van der Waals surface area contributed by atoms with Gasteiger partial charge in [-0.1, -0.05) is 29.8 Å². The van der Waals surface area contributed by atoms with E-state index in [1.54, 1.807) is 34.9 Å². The van der Waals surface area contributed by atoms with E-state index in [9.17, 15) is 4.79 Å². The van der Waals surface area contributed by atoms with Crippen molar-refractivity contribution in [2.75, 3.05) is 5.32 Å². The molecule has 3 heterocycles. The number of carbonyl (C=O) groups is 1. The highest BCUT2D eigenvalue weighted by atomic mass is 16.2. The smallest absolute Gasteiger partial charge is 0.247 e. The van der Waals surface area contributed by atoms with Gasteiger partial charge in [0, 0.05) is 30.9 Å². The highest BCUT2D eigenvalue weighted by Gasteiger charge is 2.16. The van der Waals surface area contributed by atoms with E-state index in [-0.39, 0.29) is 12.5 Å². The summed E-state index contributed by atoms with van der Waals surface area (Å²) in [7, 11) is 1.80. The molecule has 0 aliphatic heterocycles. The molecule has 0 spiro atoms. The maximum Gasteiger partial charge on any atom is 0.247 e. The van der Waals surface area contributed by atoms with Crippen LogP contribution >= 0.6 is 0 Å². The van der Waals surface area contributed by atoms with Gasteiger partial charge in [0.25, 0.3) is 0 Å². The lowest BCUT2D eigenvalue weighted by molar-refractivity contribution is -0.116. The first kappa shape index (κ1) is 17.0. The van der Waals surface area contributed by atoms with Gasteiger partial charge in [-0.2, -0.15) is 10.2 Å². The van der Waals surface area contributed by atoms with Gasteiger partial charge in [-0.05, 0) is 31.0 Å². The van der Waals surface area contributed by atoms with Crippen LogP contribution in [0.25, 0.3) is 22.2 Å². The van der Waals surface area contributed by atoms with E-state index in [1.165, 1.54) is 5.56 Å². The Balaban J connectivity index is 1.69. The van der Waals surface area contributed by atoms with Gasteiger partial charge < -0.3 is 5.32 Å². The summed E-state index contributed by atoms with van der Waals surface area (Å²) in [6.07, 6.45) is 3.53. The van der Waals surface area contributed by atoms with Crippen LogP contribution in [-0.4, -0.2) is 30.5 Å². The summed E-state index contributed by atoms with van der Waals surface area (Å²) in [6, 6.07) is 12.1. The number of aryl methyl sites for hydroxylation is 3. The molecule has 1 aromatic carbocycles. The fraction of sp³-hybridized carbons (Fsp3) is 0.200. The minimum absolute atomic E-state index is 0.0746. The van der Waals surface area contributed by atoms with Gasteiger partial charge in [-0.3, -0.25) is 9.48 Å². The average molecular weight is 360 g/mol. The summed E-state index contributed by atoms with van der Waals surface area (Å²) < 4.78 is 3.28. The molecule has 0 unspecified atom stereocenters. The highest BCUT2D eigenvalue weighted by molar-refractivity contribution is 5.96. The molecule has 0 bridgehead atoms. The van der Waals surface area contributed by atoms with Crippen molar-refractivity contribution in [3.8, 4) is 11.1 Å². The van der Waals surface area contributed by atoms with Crippen molar-refractivity contribution in [2.24, 2.45) is 7.05 Å². The minimum atomic E-state index is -0.194. The molecule has 136 valence electrons. The van der Waals surface area contributed by atoms with E-state index in [0.29, 0.717) is 11.5 Å². The molecule has 0 aliphatic carbocycles. The highest BCUT2D eigenvalue weighted by Crippen LogP contribution is 2.30. The van der Waals surface area contributed by atoms with E-state index in [2.05, 4.69) is 45.6 Å². The Morgan fingerprint density at radius 2 is 2.00 bits per heavy atom. The molecular weight excluding hydrogens is 340 g/mol. The molecule has 0 fully saturated rings. The number of carbonyl (C=O) groups excluding carboxylic acids is 1. The third-order valence-electron chi connectivity index (χ3n) is 4.41. The van der Waals surface area contributed by atoms with Crippen molar-refractivity contribution in [2.45, 2.75) is 20.4 Å². The monoisotopic (exact) mass is 360 g/mol. The Bertz CT molecular complexity index is 1140. The molecule has 0 saturated heterocycles. The van der Waals surface area contributed by atoms with Crippen molar-refractivity contribution >= 4 is 22.8 Å². The largest absolute Gasteiger partial charge is 0.308 e. The molecule has 0 aliphatic rings. The number of hydrogen-bond donors (Lipinski definition) is 1. The van der Waals surface area contributed by atoms with Gasteiger partial charge in [-0.25, -0.2) is 9.67 Å². The Morgan fingerprint density at radius 3 is 2.74 bits per heavy atom. The van der Waals surface area contributed by atoms with E-state index in [0.717, 1.165) is 22.2 Å². The molecule has 27 heavy (non-hydrogen) atoms. The molecule has 4 rings (SSSR count). The summed E-state index contributed by atoms with van der Waals surface area (Å²) in [5, 5.41) is 12.5. The zero-order chi connectivity index (χ0) is 19.0. The van der Waals surface area contributed by atoms with Gasteiger partial charge >= 0.3 is 0 Å². The third kappa shape index (κ3) is 3.31. The van der Waals surface area contributed by atoms with Crippen LogP contribution in [0.5, 0.6) is 0 Å². The molecule has 1 amide bonds. The van der Waals surface area contributed by atoms with E-state index >= 15 is 0 Å². The lowest BCUT2D eigenvalue weighted by Gasteiger charge is -2.06. The number of nitrogens with zero attached hydrogens (tertiary/aromatic N) is 5. The number of aromatic nitrogens is 5. The standard InChI is InChI=1S/C20H20N6O/c1-13-5-4-6-15(11-13)16-7-9-21-20-19(16)14(2)23-26(20)12-18(27)22-17-8-10-25(3)24-17/h4-11H,12H2,1-3H3,(H,22,24,27). The van der Waals surface area contributed by atoms with Crippen molar-refractivity contribution < 1.29 is 4.79 Å². The minimum Gasteiger partial charge on any atom is -0.308 e. The predicted octanol–water partition coefficient (Wildman–Crippen LogP) is 3.09. The summed E-state index contributed by atoms with van der Waals surface area (Å²) in [5.74, 6) is 0.324. The molecule has 0 saturated carbocycles. The lowest BCUT2D eigenvalue weighted by Crippen LogP contribution is -2.20. The Morgan fingerprint density at radius 1 is 1.15 bits per heavy atom. The van der Waals surface area contributed by atoms with Crippen molar-refractivity contribution in [3.05, 3.63) is 60.0 Å². The van der Waals surface area contributed by atoms with E-state index < -0.39 is 0 Å². The first-order valence-electron chi connectivity index (χ1n) is 8.70. The molecule has 4 aromatic rings. The number of benzene rings is 1. The number of nitrogens with one attached hydrogen (secondary N) is 1. The summed E-state index contributed by atoms with van der Waals surface area (Å²) in [4.78, 5) is 16.9. The Labute approximate surface area is 156 Å². The Hall–Kier alpha value is -3.48. The normalized spacial score (nSPS) is 11.1. The first-order valence-corrected chi connectivity index (χ1v) is 8.70. The Kier molecular flexibility index (Phi) is 4.19. The lowest BCUT2D eigenvalue weighted by atomic mass is 10.0. The van der Waals surface area contributed by atoms with Crippen LogP contribution in [0.3, 0.4) is 0 Å². The van der Waals surface area contributed by atoms with E-state index in [4.69, 9.17) is 0 Å². The summed E-state index contributed by atoms with van der Waals surface area (Å²) >= 11 is 0. The van der Waals surface area contributed by atoms with Crippen LogP contribution in [0.15, 0.2) is 48.8 Å². The molecule has 3 aromatic heterocycles. The SMILES string of the molecule is Cc1cccc(-c2ccnc3c2c(C)nn3CC(=O)Nc2ccn(C)n2)c1. The topological polar surface area (TPSA) is 77.6 Å². The molecule has 1 N–H and O–H groups in total. The van der Waals surface area contributed by atoms with Crippen LogP contribution in [0.2, 0.25) is 0 Å². The van der Waals surface area contributed by atoms with Gasteiger partial charge in [0.15, 0.2) is 11.5 Å². The van der Waals surface area contributed by atoms with Crippen molar-refractivity contribution in [1.82, 2.24) is 24.5 Å². The van der Waals surface area contributed by atoms with Crippen LogP contribution in [0.1, 0.15) is 11.3 Å². The maximum absolute atomic E-state index is 12.4. The van der Waals surface area contributed by atoms with Crippen LogP contribution < -0.4 is 5.32 Å². The van der Waals surface area contributed by atoms with Crippen molar-refractivity contribution in [3.63, 3.8) is 0 Å². The number of hydrogen-bond acceptors (Lipinski definition) is 4. The zero-order valence-electron chi connectivity index (χ0n) is 15.5. The fourth-order valence-electron chi connectivity index (χ4n) is 3.25. The van der Waals surface area contributed by atoms with Gasteiger partial charge in [0.1, 0.15) is 6.54 Å². The molecule has 7 heteroatoms. The second-order valence-corrected chi connectivity index (χ2v) is 6.59. The number of rotatable bonds is 4. The molecule has 0 radical (unpaired) electrons. The maximum atomic E-state index is 12.4. The first-order chi connectivity index (χ1) is 13.0.